The number of aryl methyl sites for hydroxylation is 1. The molecule has 1 aliphatic heterocycles. The van der Waals surface area contributed by atoms with Gasteiger partial charge in [-0.2, -0.15) is 0 Å². The summed E-state index contributed by atoms with van der Waals surface area (Å²) in [6.45, 7) is 7.39. The lowest BCUT2D eigenvalue weighted by atomic mass is 10.1. The Kier molecular flexibility index (Phi) is 6.31. The second-order valence-electron chi connectivity index (χ2n) is 7.13. The first-order valence-electron chi connectivity index (χ1n) is 9.49. The molecule has 1 N–H and O–H groups in total. The van der Waals surface area contributed by atoms with Gasteiger partial charge in [0.05, 0.1) is 5.56 Å². The third kappa shape index (κ3) is 4.89. The first-order valence-corrected chi connectivity index (χ1v) is 9.49. The number of carboxylic acid groups (broad SMARTS) is 1. The summed E-state index contributed by atoms with van der Waals surface area (Å²) in [5.74, 6) is -0.166. The molecule has 1 amide bonds. The van der Waals surface area contributed by atoms with Crippen LogP contribution in [-0.2, 0) is 11.3 Å². The number of hydrogen-bond acceptors (Lipinski definition) is 4. The van der Waals surface area contributed by atoms with Crippen LogP contribution in [0.2, 0.25) is 0 Å². The van der Waals surface area contributed by atoms with Crippen LogP contribution >= 0.6 is 0 Å². The number of nitrogens with zero attached hydrogens (tertiary/aromatic N) is 2. The molecule has 0 spiro atoms. The SMILES string of the molecule is Cc1ccccc1OC(C)C(=O)N1CCN(Cc2ccc(C(=O)O)cc2)CC1. The molecule has 1 saturated heterocycles. The number of piperazine rings is 1. The summed E-state index contributed by atoms with van der Waals surface area (Å²) < 4.78 is 5.86. The zero-order valence-corrected chi connectivity index (χ0v) is 16.3. The van der Waals surface area contributed by atoms with Gasteiger partial charge >= 0.3 is 5.97 Å². The average molecular weight is 382 g/mol. The second kappa shape index (κ2) is 8.89. The number of carbonyl (C=O) groups excluding carboxylic acids is 1. The maximum absolute atomic E-state index is 12.7. The minimum absolute atomic E-state index is 0.00807. The van der Waals surface area contributed by atoms with Crippen LogP contribution in [0.15, 0.2) is 48.5 Å². The molecule has 6 heteroatoms. The molecule has 1 atom stereocenters. The van der Waals surface area contributed by atoms with Gasteiger partial charge in [0.2, 0.25) is 0 Å². The molecule has 1 unspecified atom stereocenters. The number of para-hydroxylation sites is 1. The van der Waals surface area contributed by atoms with E-state index in [0.29, 0.717) is 18.7 Å². The van der Waals surface area contributed by atoms with E-state index in [-0.39, 0.29) is 5.91 Å². The minimum atomic E-state index is -0.916. The Hall–Kier alpha value is -2.86. The fourth-order valence-electron chi connectivity index (χ4n) is 3.32. The Balaban J connectivity index is 1.49. The van der Waals surface area contributed by atoms with E-state index in [1.54, 1.807) is 19.1 Å². The summed E-state index contributed by atoms with van der Waals surface area (Å²) in [7, 11) is 0. The van der Waals surface area contributed by atoms with Crippen molar-refractivity contribution in [1.82, 2.24) is 9.80 Å². The number of hydrogen-bond donors (Lipinski definition) is 1. The second-order valence-corrected chi connectivity index (χ2v) is 7.13. The van der Waals surface area contributed by atoms with Gasteiger partial charge < -0.3 is 14.7 Å². The monoisotopic (exact) mass is 382 g/mol. The van der Waals surface area contributed by atoms with Crippen molar-refractivity contribution in [2.45, 2.75) is 26.5 Å². The third-order valence-electron chi connectivity index (χ3n) is 5.04. The topological polar surface area (TPSA) is 70.1 Å². The molecule has 0 aliphatic carbocycles. The lowest BCUT2D eigenvalue weighted by Gasteiger charge is -2.36. The fourth-order valence-corrected chi connectivity index (χ4v) is 3.32. The summed E-state index contributed by atoms with van der Waals surface area (Å²) in [5, 5.41) is 8.97. The summed E-state index contributed by atoms with van der Waals surface area (Å²) in [4.78, 5) is 27.8. The molecule has 3 rings (SSSR count). The van der Waals surface area contributed by atoms with Crippen molar-refractivity contribution in [3.8, 4) is 5.75 Å². The number of ether oxygens (including phenoxy) is 1. The zero-order valence-electron chi connectivity index (χ0n) is 16.3. The minimum Gasteiger partial charge on any atom is -0.481 e. The van der Waals surface area contributed by atoms with E-state index in [2.05, 4.69) is 4.90 Å². The van der Waals surface area contributed by atoms with Crippen LogP contribution in [0, 0.1) is 6.92 Å². The van der Waals surface area contributed by atoms with Crippen LogP contribution in [0.3, 0.4) is 0 Å². The lowest BCUT2D eigenvalue weighted by molar-refractivity contribution is -0.139. The molecule has 0 aromatic heterocycles. The third-order valence-corrected chi connectivity index (χ3v) is 5.04. The molecule has 1 heterocycles. The smallest absolute Gasteiger partial charge is 0.335 e. The van der Waals surface area contributed by atoms with Gasteiger partial charge in [0.25, 0.3) is 5.91 Å². The highest BCUT2D eigenvalue weighted by atomic mass is 16.5. The number of carboxylic acids is 1. The van der Waals surface area contributed by atoms with Crippen molar-refractivity contribution in [3.63, 3.8) is 0 Å². The van der Waals surface area contributed by atoms with Crippen LogP contribution in [0.5, 0.6) is 5.75 Å². The van der Waals surface area contributed by atoms with Gasteiger partial charge in [0.1, 0.15) is 5.75 Å². The van der Waals surface area contributed by atoms with E-state index in [1.165, 1.54) is 0 Å². The Bertz CT molecular complexity index is 827. The lowest BCUT2D eigenvalue weighted by Crippen LogP contribution is -2.51. The van der Waals surface area contributed by atoms with Gasteiger partial charge in [-0.05, 0) is 43.2 Å². The summed E-state index contributed by atoms with van der Waals surface area (Å²) in [5.41, 5.74) is 2.38. The van der Waals surface area contributed by atoms with Gasteiger partial charge in [0.15, 0.2) is 6.10 Å². The van der Waals surface area contributed by atoms with Crippen LogP contribution in [0.1, 0.15) is 28.4 Å². The fraction of sp³-hybridized carbons (Fsp3) is 0.364. The van der Waals surface area contributed by atoms with E-state index < -0.39 is 12.1 Å². The van der Waals surface area contributed by atoms with Gasteiger partial charge in [-0.15, -0.1) is 0 Å². The summed E-state index contributed by atoms with van der Waals surface area (Å²) in [6, 6.07) is 14.6. The quantitative estimate of drug-likeness (QED) is 0.832. The standard InChI is InChI=1S/C22H26N2O4/c1-16-5-3-4-6-20(16)28-17(2)21(25)24-13-11-23(12-14-24)15-18-7-9-19(10-8-18)22(26)27/h3-10,17H,11-15H2,1-2H3,(H,26,27). The molecule has 6 nitrogen and oxygen atoms in total. The summed E-state index contributed by atoms with van der Waals surface area (Å²) >= 11 is 0. The van der Waals surface area contributed by atoms with Crippen molar-refractivity contribution >= 4 is 11.9 Å². The van der Waals surface area contributed by atoms with E-state index in [0.717, 1.165) is 36.5 Å². The highest BCUT2D eigenvalue weighted by Crippen LogP contribution is 2.19. The molecular formula is C22H26N2O4. The Morgan fingerprint density at radius 2 is 1.68 bits per heavy atom. The first kappa shape index (κ1) is 19.9. The predicted octanol–water partition coefficient (Wildman–Crippen LogP) is 2.80. The molecule has 0 bridgehead atoms. The van der Waals surface area contributed by atoms with Gasteiger partial charge in [-0.1, -0.05) is 30.3 Å². The number of carbonyl (C=O) groups is 2. The van der Waals surface area contributed by atoms with E-state index in [1.807, 2.05) is 48.2 Å². The highest BCUT2D eigenvalue weighted by molar-refractivity contribution is 5.87. The van der Waals surface area contributed by atoms with E-state index in [9.17, 15) is 9.59 Å². The van der Waals surface area contributed by atoms with Gasteiger partial charge in [-0.3, -0.25) is 9.69 Å². The number of aromatic carboxylic acids is 1. The van der Waals surface area contributed by atoms with Gasteiger partial charge in [-0.25, -0.2) is 4.79 Å². The number of benzene rings is 2. The predicted molar refractivity (Wildman–Crippen MR) is 107 cm³/mol. The van der Waals surface area contributed by atoms with Crippen LogP contribution < -0.4 is 4.74 Å². The first-order chi connectivity index (χ1) is 13.4. The van der Waals surface area contributed by atoms with Crippen LogP contribution in [-0.4, -0.2) is 59.1 Å². The average Bonchev–Trinajstić information content (AvgIpc) is 2.70. The van der Waals surface area contributed by atoms with Crippen molar-refractivity contribution in [2.24, 2.45) is 0 Å². The molecule has 0 radical (unpaired) electrons. The van der Waals surface area contributed by atoms with Crippen LogP contribution in [0.25, 0.3) is 0 Å². The molecule has 1 fully saturated rings. The van der Waals surface area contributed by atoms with Crippen molar-refractivity contribution in [2.75, 3.05) is 26.2 Å². The summed E-state index contributed by atoms with van der Waals surface area (Å²) in [6.07, 6.45) is -0.517. The molecule has 1 aliphatic rings. The van der Waals surface area contributed by atoms with E-state index >= 15 is 0 Å². The molecular weight excluding hydrogens is 356 g/mol. The van der Waals surface area contributed by atoms with E-state index in [4.69, 9.17) is 9.84 Å². The van der Waals surface area contributed by atoms with Crippen molar-refractivity contribution < 1.29 is 19.4 Å². The highest BCUT2D eigenvalue weighted by Gasteiger charge is 2.26. The van der Waals surface area contributed by atoms with Crippen molar-refractivity contribution in [3.05, 3.63) is 65.2 Å². The Morgan fingerprint density at radius 3 is 2.29 bits per heavy atom. The molecule has 148 valence electrons. The Morgan fingerprint density at radius 1 is 1.04 bits per heavy atom. The Labute approximate surface area is 165 Å². The molecule has 0 saturated carbocycles. The van der Waals surface area contributed by atoms with Gasteiger partial charge in [0, 0.05) is 32.7 Å². The van der Waals surface area contributed by atoms with Crippen LogP contribution in [0.4, 0.5) is 0 Å². The number of rotatable bonds is 6. The maximum Gasteiger partial charge on any atom is 0.335 e. The largest absolute Gasteiger partial charge is 0.481 e. The normalized spacial score (nSPS) is 15.9. The molecule has 28 heavy (non-hydrogen) atoms. The zero-order chi connectivity index (χ0) is 20.1. The molecule has 2 aromatic carbocycles. The van der Waals surface area contributed by atoms with Crippen molar-refractivity contribution in [1.29, 1.82) is 0 Å². The maximum atomic E-state index is 12.7. The number of amides is 1. The molecule has 2 aromatic rings.